The molecule has 2 heterocycles. The van der Waals surface area contributed by atoms with Gasteiger partial charge in [-0.15, -0.1) is 0 Å². The molecule has 0 aliphatic carbocycles. The molecule has 0 fully saturated rings. The van der Waals surface area contributed by atoms with E-state index < -0.39 is 0 Å². The predicted octanol–water partition coefficient (Wildman–Crippen LogP) is 1.07. The van der Waals surface area contributed by atoms with Crippen molar-refractivity contribution in [3.05, 3.63) is 41.2 Å². The van der Waals surface area contributed by atoms with Crippen LogP contribution in [0.25, 0.3) is 0 Å². The van der Waals surface area contributed by atoms with E-state index in [9.17, 15) is 0 Å². The summed E-state index contributed by atoms with van der Waals surface area (Å²) in [4.78, 5) is 10.9. The maximum absolute atomic E-state index is 5.90. The van der Waals surface area contributed by atoms with Crippen LogP contribution in [0.4, 0.5) is 5.69 Å². The number of nitrogens with one attached hydrogen (secondary N) is 1. The molecule has 0 atom stereocenters. The van der Waals surface area contributed by atoms with Crippen molar-refractivity contribution in [2.24, 2.45) is 15.7 Å². The first kappa shape index (κ1) is 11.8. The number of hydrogen-bond acceptors (Lipinski definition) is 5. The van der Waals surface area contributed by atoms with E-state index in [0.29, 0.717) is 12.5 Å². The summed E-state index contributed by atoms with van der Waals surface area (Å²) in [6.07, 6.45) is 0.749. The lowest BCUT2D eigenvalue weighted by atomic mass is 10.0. The van der Waals surface area contributed by atoms with E-state index in [4.69, 9.17) is 5.73 Å². The predicted molar refractivity (Wildman–Crippen MR) is 78.6 cm³/mol. The molecule has 1 aromatic rings. The van der Waals surface area contributed by atoms with Gasteiger partial charge in [0.15, 0.2) is 0 Å². The van der Waals surface area contributed by atoms with Gasteiger partial charge in [-0.1, -0.05) is 12.1 Å². The van der Waals surface area contributed by atoms with Crippen molar-refractivity contribution in [1.82, 2.24) is 5.32 Å². The summed E-state index contributed by atoms with van der Waals surface area (Å²) in [5.41, 5.74) is 10.3. The first-order valence-electron chi connectivity index (χ1n) is 6.28. The third-order valence-electron chi connectivity index (χ3n) is 3.40. The van der Waals surface area contributed by atoms with Gasteiger partial charge >= 0.3 is 0 Å². The summed E-state index contributed by atoms with van der Waals surface area (Å²) >= 11 is 0. The molecule has 0 amide bonds. The second-order valence-electron chi connectivity index (χ2n) is 4.88. The monoisotopic (exact) mass is 255 g/mol. The molecule has 0 bridgehead atoms. The molecule has 1 aromatic carbocycles. The molecule has 0 saturated heterocycles. The lowest BCUT2D eigenvalue weighted by Gasteiger charge is -2.12. The highest BCUT2D eigenvalue weighted by molar-refractivity contribution is 6.12. The van der Waals surface area contributed by atoms with Crippen LogP contribution >= 0.6 is 0 Å². The minimum Gasteiger partial charge on any atom is -0.384 e. The van der Waals surface area contributed by atoms with Gasteiger partial charge in [-0.3, -0.25) is 0 Å². The van der Waals surface area contributed by atoms with Crippen molar-refractivity contribution in [3.8, 4) is 0 Å². The highest BCUT2D eigenvalue weighted by Crippen LogP contribution is 2.24. The van der Waals surface area contributed by atoms with Gasteiger partial charge in [0.1, 0.15) is 18.3 Å². The van der Waals surface area contributed by atoms with Crippen molar-refractivity contribution in [2.45, 2.75) is 6.42 Å². The minimum atomic E-state index is 0.515. The van der Waals surface area contributed by atoms with Crippen LogP contribution in [0.1, 0.15) is 12.0 Å². The van der Waals surface area contributed by atoms with E-state index in [2.05, 4.69) is 44.5 Å². The van der Waals surface area contributed by atoms with Gasteiger partial charge in [0.2, 0.25) is 0 Å². The molecule has 2 aliphatic rings. The number of nitrogens with zero attached hydrogens (tertiary/aromatic N) is 3. The molecule has 0 saturated carbocycles. The third-order valence-corrected chi connectivity index (χ3v) is 3.40. The van der Waals surface area contributed by atoms with E-state index in [1.165, 1.54) is 5.69 Å². The highest BCUT2D eigenvalue weighted by atomic mass is 15.2. The van der Waals surface area contributed by atoms with Gasteiger partial charge in [-0.2, -0.15) is 0 Å². The maximum atomic E-state index is 5.90. The van der Waals surface area contributed by atoms with E-state index in [-0.39, 0.29) is 0 Å². The van der Waals surface area contributed by atoms with Crippen molar-refractivity contribution in [2.75, 3.05) is 25.7 Å². The summed E-state index contributed by atoms with van der Waals surface area (Å²) in [6, 6.07) is 8.39. The van der Waals surface area contributed by atoms with Gasteiger partial charge in [-0.05, 0) is 17.7 Å². The molecular formula is C14H17N5. The Hall–Kier alpha value is -2.30. The third kappa shape index (κ3) is 2.07. The molecule has 5 heteroatoms. The Morgan fingerprint density at radius 2 is 1.95 bits per heavy atom. The zero-order chi connectivity index (χ0) is 13.4. The molecular weight excluding hydrogens is 238 g/mol. The smallest absolute Gasteiger partial charge is 0.135 e. The van der Waals surface area contributed by atoms with Crippen molar-refractivity contribution in [1.29, 1.82) is 0 Å². The first-order chi connectivity index (χ1) is 9.15. The molecule has 98 valence electrons. The fraction of sp³-hybridized carbons (Fsp3) is 0.286. The average molecular weight is 255 g/mol. The zero-order valence-electron chi connectivity index (χ0n) is 11.1. The summed E-state index contributed by atoms with van der Waals surface area (Å²) in [5.74, 6) is 1.48. The van der Waals surface area contributed by atoms with Crippen LogP contribution in [0.2, 0.25) is 0 Å². The number of rotatable bonds is 2. The summed E-state index contributed by atoms with van der Waals surface area (Å²) < 4.78 is 0. The van der Waals surface area contributed by atoms with E-state index in [1.807, 2.05) is 14.1 Å². The molecule has 0 unspecified atom stereocenters. The van der Waals surface area contributed by atoms with Crippen LogP contribution in [0.15, 0.2) is 45.6 Å². The molecule has 0 radical (unpaired) electrons. The van der Waals surface area contributed by atoms with Crippen molar-refractivity contribution < 1.29 is 0 Å². The number of aliphatic imine (C=N–C) groups is 2. The Kier molecular flexibility index (Phi) is 2.74. The van der Waals surface area contributed by atoms with Crippen LogP contribution in [-0.4, -0.2) is 32.3 Å². The lowest BCUT2D eigenvalue weighted by molar-refractivity contribution is 0.796. The second-order valence-corrected chi connectivity index (χ2v) is 4.88. The van der Waals surface area contributed by atoms with Crippen LogP contribution in [0, 0.1) is 0 Å². The van der Waals surface area contributed by atoms with Crippen LogP contribution in [-0.2, 0) is 0 Å². The quantitative estimate of drug-likeness (QED) is 0.831. The van der Waals surface area contributed by atoms with E-state index >= 15 is 0 Å². The first-order valence-corrected chi connectivity index (χ1v) is 6.28. The molecule has 0 spiro atoms. The molecule has 3 N–H and O–H groups in total. The van der Waals surface area contributed by atoms with Crippen molar-refractivity contribution >= 4 is 17.2 Å². The SMILES string of the molecule is CN(C)c1ccc(C2=NC3=C(C2)C(N)=NCN3)cc1. The second kappa shape index (κ2) is 4.42. The van der Waals surface area contributed by atoms with Crippen molar-refractivity contribution in [3.63, 3.8) is 0 Å². The van der Waals surface area contributed by atoms with E-state index in [0.717, 1.165) is 29.1 Å². The molecule has 2 aliphatic heterocycles. The van der Waals surface area contributed by atoms with Crippen LogP contribution in [0.3, 0.4) is 0 Å². The number of amidine groups is 1. The molecule has 5 nitrogen and oxygen atoms in total. The molecule has 0 aromatic heterocycles. The largest absolute Gasteiger partial charge is 0.384 e. The Labute approximate surface area is 112 Å². The summed E-state index contributed by atoms with van der Waals surface area (Å²) in [5, 5.41) is 3.16. The highest BCUT2D eigenvalue weighted by Gasteiger charge is 2.23. The number of nitrogens with two attached hydrogens (primary N) is 1. The van der Waals surface area contributed by atoms with Gasteiger partial charge in [0.25, 0.3) is 0 Å². The topological polar surface area (TPSA) is 66.0 Å². The Balaban J connectivity index is 1.84. The van der Waals surface area contributed by atoms with Crippen LogP contribution < -0.4 is 16.0 Å². The van der Waals surface area contributed by atoms with Gasteiger partial charge < -0.3 is 16.0 Å². The Morgan fingerprint density at radius 1 is 1.21 bits per heavy atom. The summed E-state index contributed by atoms with van der Waals surface area (Å²) in [6.45, 7) is 0.515. The van der Waals surface area contributed by atoms with Crippen LogP contribution in [0.5, 0.6) is 0 Å². The standard InChI is InChI=1S/C14H17N5/c1-19(2)10-5-3-9(4-6-10)12-7-11-13(15)16-8-17-14(11)18-12/h3-6,17H,7-8H2,1-2H3,(H2,15,16). The normalized spacial score (nSPS) is 17.6. The van der Waals surface area contributed by atoms with Gasteiger partial charge in [0.05, 0.1) is 5.71 Å². The summed E-state index contributed by atoms with van der Waals surface area (Å²) in [7, 11) is 4.06. The molecule has 19 heavy (non-hydrogen) atoms. The minimum absolute atomic E-state index is 0.515. The Morgan fingerprint density at radius 3 is 2.58 bits per heavy atom. The maximum Gasteiger partial charge on any atom is 0.135 e. The average Bonchev–Trinajstić information content (AvgIpc) is 2.84. The number of benzene rings is 1. The van der Waals surface area contributed by atoms with Gasteiger partial charge in [-0.25, -0.2) is 9.98 Å². The zero-order valence-corrected chi connectivity index (χ0v) is 11.1. The molecule has 3 rings (SSSR count). The number of hydrogen-bond donors (Lipinski definition) is 2. The lowest BCUT2D eigenvalue weighted by Crippen LogP contribution is -2.27. The Bertz CT molecular complexity index is 593. The van der Waals surface area contributed by atoms with Gasteiger partial charge in [0, 0.05) is 31.8 Å². The van der Waals surface area contributed by atoms with E-state index in [1.54, 1.807) is 0 Å². The number of anilines is 1. The fourth-order valence-electron chi connectivity index (χ4n) is 2.26. The fourth-order valence-corrected chi connectivity index (χ4v) is 2.26.